The van der Waals surface area contributed by atoms with Crippen molar-refractivity contribution in [1.82, 2.24) is 9.97 Å². The molecule has 0 aliphatic carbocycles. The molecule has 0 saturated heterocycles. The van der Waals surface area contributed by atoms with E-state index < -0.39 is 0 Å². The summed E-state index contributed by atoms with van der Waals surface area (Å²) in [7, 11) is 0. The van der Waals surface area contributed by atoms with Gasteiger partial charge < -0.3 is 10.1 Å². The molecule has 0 aliphatic heterocycles. The first-order valence-electron chi connectivity index (χ1n) is 5.79. The summed E-state index contributed by atoms with van der Waals surface area (Å²) in [6, 6.07) is 2.20. The van der Waals surface area contributed by atoms with Crippen molar-refractivity contribution in [1.29, 1.82) is 0 Å². The first-order valence-corrected chi connectivity index (χ1v) is 7.18. The van der Waals surface area contributed by atoms with E-state index >= 15 is 0 Å². The molecule has 1 rings (SSSR count). The molecule has 5 heteroatoms. The van der Waals surface area contributed by atoms with Gasteiger partial charge in [-0.3, -0.25) is 0 Å². The largest absolute Gasteiger partial charge is 0.475 e. The third-order valence-corrected chi connectivity index (χ3v) is 2.81. The van der Waals surface area contributed by atoms with Gasteiger partial charge in [0.15, 0.2) is 0 Å². The van der Waals surface area contributed by atoms with Gasteiger partial charge in [-0.2, -0.15) is 16.7 Å². The topological polar surface area (TPSA) is 47.0 Å². The summed E-state index contributed by atoms with van der Waals surface area (Å²) in [4.78, 5) is 8.69. The highest BCUT2D eigenvalue weighted by Gasteiger charge is 2.07. The molecule has 0 radical (unpaired) electrons. The molecule has 1 aromatic heterocycles. The maximum atomic E-state index is 5.58. The minimum atomic E-state index is 0.126. The SMILES string of the molecule is CSCC(C)Nc1nc(C)cc(OC(C)C)n1. The summed E-state index contributed by atoms with van der Waals surface area (Å²) >= 11 is 1.80. The lowest BCUT2D eigenvalue weighted by Crippen LogP contribution is -2.20. The Bertz CT molecular complexity index is 358. The predicted molar refractivity (Wildman–Crippen MR) is 74.0 cm³/mol. The Balaban J connectivity index is 2.74. The molecule has 1 unspecified atom stereocenters. The van der Waals surface area contributed by atoms with Crippen LogP contribution in [-0.2, 0) is 0 Å². The zero-order valence-electron chi connectivity index (χ0n) is 11.2. The number of hydrogen-bond acceptors (Lipinski definition) is 5. The molecule has 1 N–H and O–H groups in total. The molecule has 0 amide bonds. The van der Waals surface area contributed by atoms with Crippen LogP contribution in [0.4, 0.5) is 5.95 Å². The number of aryl methyl sites for hydroxylation is 1. The number of nitrogens with one attached hydrogen (secondary N) is 1. The Kier molecular flexibility index (Phi) is 5.55. The first kappa shape index (κ1) is 14.1. The number of nitrogens with zero attached hydrogens (tertiary/aromatic N) is 2. The van der Waals surface area contributed by atoms with Gasteiger partial charge in [-0.05, 0) is 34.0 Å². The molecule has 17 heavy (non-hydrogen) atoms. The Hall–Kier alpha value is -0.970. The number of ether oxygens (including phenoxy) is 1. The summed E-state index contributed by atoms with van der Waals surface area (Å²) in [6.07, 6.45) is 2.21. The van der Waals surface area contributed by atoms with Crippen LogP contribution >= 0.6 is 11.8 Å². The average Bonchev–Trinajstić information content (AvgIpc) is 2.14. The average molecular weight is 255 g/mol. The van der Waals surface area contributed by atoms with Gasteiger partial charge in [0, 0.05) is 23.6 Å². The van der Waals surface area contributed by atoms with E-state index in [0.717, 1.165) is 11.4 Å². The fraction of sp³-hybridized carbons (Fsp3) is 0.667. The maximum Gasteiger partial charge on any atom is 0.226 e. The lowest BCUT2D eigenvalue weighted by atomic mass is 10.4. The standard InChI is InChI=1S/C12H21N3OS/c1-8(2)16-11-6-9(3)13-12(15-11)14-10(4)7-17-5/h6,8,10H,7H2,1-5H3,(H,13,14,15). The Morgan fingerprint density at radius 3 is 2.65 bits per heavy atom. The van der Waals surface area contributed by atoms with Crippen LogP contribution in [0.15, 0.2) is 6.07 Å². The smallest absolute Gasteiger partial charge is 0.226 e. The quantitative estimate of drug-likeness (QED) is 0.847. The maximum absolute atomic E-state index is 5.58. The van der Waals surface area contributed by atoms with Gasteiger partial charge >= 0.3 is 0 Å². The van der Waals surface area contributed by atoms with Gasteiger partial charge in [0.2, 0.25) is 11.8 Å². The van der Waals surface area contributed by atoms with E-state index in [0.29, 0.717) is 17.9 Å². The number of rotatable bonds is 6. The Morgan fingerprint density at radius 1 is 1.35 bits per heavy atom. The van der Waals surface area contributed by atoms with Gasteiger partial charge in [0.1, 0.15) is 0 Å². The monoisotopic (exact) mass is 255 g/mol. The third kappa shape index (κ3) is 5.26. The molecule has 96 valence electrons. The highest BCUT2D eigenvalue weighted by Crippen LogP contribution is 2.14. The number of hydrogen-bond donors (Lipinski definition) is 1. The van der Waals surface area contributed by atoms with E-state index in [1.165, 1.54) is 0 Å². The molecule has 0 spiro atoms. The normalized spacial score (nSPS) is 12.6. The molecule has 1 aromatic rings. The van der Waals surface area contributed by atoms with Crippen molar-refractivity contribution in [3.63, 3.8) is 0 Å². The Labute approximate surface area is 108 Å². The zero-order chi connectivity index (χ0) is 12.8. The highest BCUT2D eigenvalue weighted by atomic mass is 32.2. The van der Waals surface area contributed by atoms with E-state index in [-0.39, 0.29) is 6.10 Å². The molecular weight excluding hydrogens is 234 g/mol. The van der Waals surface area contributed by atoms with Crippen LogP contribution in [0.2, 0.25) is 0 Å². The second-order valence-corrected chi connectivity index (χ2v) is 5.25. The Morgan fingerprint density at radius 2 is 2.06 bits per heavy atom. The van der Waals surface area contributed by atoms with Crippen molar-refractivity contribution in [2.24, 2.45) is 0 Å². The van der Waals surface area contributed by atoms with Gasteiger partial charge in [0.05, 0.1) is 6.10 Å². The lowest BCUT2D eigenvalue weighted by molar-refractivity contribution is 0.232. The van der Waals surface area contributed by atoms with E-state index in [1.807, 2.05) is 26.8 Å². The number of thioether (sulfide) groups is 1. The number of anilines is 1. The molecule has 0 fully saturated rings. The molecule has 0 aliphatic rings. The zero-order valence-corrected chi connectivity index (χ0v) is 12.0. The minimum Gasteiger partial charge on any atom is -0.475 e. The second kappa shape index (κ2) is 6.69. The summed E-state index contributed by atoms with van der Waals surface area (Å²) in [6.45, 7) is 8.03. The van der Waals surface area contributed by atoms with Crippen LogP contribution in [0.1, 0.15) is 26.5 Å². The van der Waals surface area contributed by atoms with Crippen LogP contribution in [0.25, 0.3) is 0 Å². The molecule has 1 atom stereocenters. The van der Waals surface area contributed by atoms with E-state index in [2.05, 4.69) is 28.5 Å². The second-order valence-electron chi connectivity index (χ2n) is 4.34. The van der Waals surface area contributed by atoms with Gasteiger partial charge in [-0.25, -0.2) is 4.98 Å². The van der Waals surface area contributed by atoms with Crippen molar-refractivity contribution in [3.8, 4) is 5.88 Å². The molecule has 0 saturated carbocycles. The van der Waals surface area contributed by atoms with Gasteiger partial charge in [-0.1, -0.05) is 0 Å². The van der Waals surface area contributed by atoms with Crippen molar-refractivity contribution < 1.29 is 4.74 Å². The van der Waals surface area contributed by atoms with Crippen LogP contribution in [0.5, 0.6) is 5.88 Å². The summed E-state index contributed by atoms with van der Waals surface area (Å²) < 4.78 is 5.58. The van der Waals surface area contributed by atoms with Crippen molar-refractivity contribution in [3.05, 3.63) is 11.8 Å². The summed E-state index contributed by atoms with van der Waals surface area (Å²) in [5.74, 6) is 2.30. The number of aromatic nitrogens is 2. The van der Waals surface area contributed by atoms with E-state index in [1.54, 1.807) is 11.8 Å². The molecular formula is C12H21N3OS. The van der Waals surface area contributed by atoms with Crippen molar-refractivity contribution >= 4 is 17.7 Å². The molecule has 1 heterocycles. The van der Waals surface area contributed by atoms with Gasteiger partial charge in [-0.15, -0.1) is 0 Å². The van der Waals surface area contributed by atoms with Crippen molar-refractivity contribution in [2.45, 2.75) is 39.8 Å². The van der Waals surface area contributed by atoms with Crippen LogP contribution in [0.3, 0.4) is 0 Å². The predicted octanol–water partition coefficient (Wildman–Crippen LogP) is 2.74. The third-order valence-electron chi connectivity index (χ3n) is 1.98. The highest BCUT2D eigenvalue weighted by molar-refractivity contribution is 7.98. The molecule has 4 nitrogen and oxygen atoms in total. The fourth-order valence-electron chi connectivity index (χ4n) is 1.42. The lowest BCUT2D eigenvalue weighted by Gasteiger charge is -2.14. The van der Waals surface area contributed by atoms with Gasteiger partial charge in [0.25, 0.3) is 0 Å². The van der Waals surface area contributed by atoms with Crippen LogP contribution < -0.4 is 10.1 Å². The summed E-state index contributed by atoms with van der Waals surface area (Å²) in [5, 5.41) is 3.27. The fourth-order valence-corrected chi connectivity index (χ4v) is 2.00. The van der Waals surface area contributed by atoms with Crippen LogP contribution in [-0.4, -0.2) is 34.1 Å². The molecule has 0 aromatic carbocycles. The first-order chi connectivity index (χ1) is 8.01. The van der Waals surface area contributed by atoms with E-state index in [4.69, 9.17) is 4.74 Å². The minimum absolute atomic E-state index is 0.126. The van der Waals surface area contributed by atoms with E-state index in [9.17, 15) is 0 Å². The van der Waals surface area contributed by atoms with Crippen LogP contribution in [0, 0.1) is 6.92 Å². The van der Waals surface area contributed by atoms with Crippen molar-refractivity contribution in [2.75, 3.05) is 17.3 Å². The molecule has 0 bridgehead atoms. The summed E-state index contributed by atoms with van der Waals surface area (Å²) in [5.41, 5.74) is 0.912.